The SMILES string of the molecule is CCCCCCCCCCCCCCCCCCCCCCCCCCCCOCc1csc2ccccc12. The molecule has 0 aliphatic heterocycles. The Balaban J connectivity index is 1.19. The molecular formula is C37H64OS. The highest BCUT2D eigenvalue weighted by Crippen LogP contribution is 2.26. The maximum absolute atomic E-state index is 5.95. The summed E-state index contributed by atoms with van der Waals surface area (Å²) in [6, 6.07) is 8.66. The fourth-order valence-corrected chi connectivity index (χ4v) is 6.79. The van der Waals surface area contributed by atoms with E-state index < -0.39 is 0 Å². The van der Waals surface area contributed by atoms with E-state index in [-0.39, 0.29) is 0 Å². The van der Waals surface area contributed by atoms with E-state index in [1.165, 1.54) is 183 Å². The van der Waals surface area contributed by atoms with Crippen LogP contribution in [0.5, 0.6) is 0 Å². The van der Waals surface area contributed by atoms with Crippen molar-refractivity contribution in [3.8, 4) is 0 Å². The number of hydrogen-bond acceptors (Lipinski definition) is 2. The minimum Gasteiger partial charge on any atom is -0.377 e. The van der Waals surface area contributed by atoms with Gasteiger partial charge in [0.1, 0.15) is 0 Å². The third-order valence-electron chi connectivity index (χ3n) is 8.46. The molecular weight excluding hydrogens is 492 g/mol. The fourth-order valence-electron chi connectivity index (χ4n) is 5.85. The largest absolute Gasteiger partial charge is 0.377 e. The Bertz CT molecular complexity index is 766. The molecule has 2 rings (SSSR count). The van der Waals surface area contributed by atoms with Gasteiger partial charge in [0.2, 0.25) is 0 Å². The zero-order chi connectivity index (χ0) is 27.5. The van der Waals surface area contributed by atoms with E-state index in [0.29, 0.717) is 0 Å². The zero-order valence-corrected chi connectivity index (χ0v) is 26.8. The van der Waals surface area contributed by atoms with Crippen molar-refractivity contribution >= 4 is 21.4 Å². The van der Waals surface area contributed by atoms with Crippen molar-refractivity contribution in [2.24, 2.45) is 0 Å². The molecule has 1 nitrogen and oxygen atoms in total. The average Bonchev–Trinajstić information content (AvgIpc) is 3.37. The predicted molar refractivity (Wildman–Crippen MR) is 177 cm³/mol. The zero-order valence-electron chi connectivity index (χ0n) is 26.0. The van der Waals surface area contributed by atoms with Gasteiger partial charge in [-0.15, -0.1) is 11.3 Å². The van der Waals surface area contributed by atoms with Crippen LogP contribution in [0, 0.1) is 0 Å². The minimum absolute atomic E-state index is 0.767. The first-order valence-corrected chi connectivity index (χ1v) is 18.3. The molecule has 0 fully saturated rings. The van der Waals surface area contributed by atoms with E-state index in [9.17, 15) is 0 Å². The quantitative estimate of drug-likeness (QED) is 0.0905. The summed E-state index contributed by atoms with van der Waals surface area (Å²) in [4.78, 5) is 0. The summed E-state index contributed by atoms with van der Waals surface area (Å²) in [5, 5.41) is 3.62. The van der Waals surface area contributed by atoms with Crippen LogP contribution >= 0.6 is 11.3 Å². The van der Waals surface area contributed by atoms with E-state index in [0.717, 1.165) is 13.2 Å². The van der Waals surface area contributed by atoms with Gasteiger partial charge in [-0.1, -0.05) is 186 Å². The minimum atomic E-state index is 0.767. The molecule has 0 radical (unpaired) electrons. The van der Waals surface area contributed by atoms with E-state index in [1.54, 1.807) is 0 Å². The predicted octanol–water partition coefficient (Wildman–Crippen LogP) is 13.6. The number of thiophene rings is 1. The number of unbranched alkanes of at least 4 members (excludes halogenated alkanes) is 25. The first-order valence-electron chi connectivity index (χ1n) is 17.4. The lowest BCUT2D eigenvalue weighted by Gasteiger charge is -2.05. The highest BCUT2D eigenvalue weighted by Gasteiger charge is 2.03. The summed E-state index contributed by atoms with van der Waals surface area (Å²) < 4.78 is 7.32. The summed E-state index contributed by atoms with van der Waals surface area (Å²) in [7, 11) is 0. The molecule has 0 N–H and O–H groups in total. The van der Waals surface area contributed by atoms with Crippen LogP contribution in [0.3, 0.4) is 0 Å². The van der Waals surface area contributed by atoms with Crippen LogP contribution in [0.15, 0.2) is 29.6 Å². The first kappa shape index (κ1) is 34.3. The maximum Gasteiger partial charge on any atom is 0.0730 e. The molecule has 0 amide bonds. The topological polar surface area (TPSA) is 9.23 Å². The summed E-state index contributed by atoms with van der Waals surface area (Å²) >= 11 is 1.83. The van der Waals surface area contributed by atoms with Crippen LogP contribution in [-0.2, 0) is 11.3 Å². The summed E-state index contributed by atoms with van der Waals surface area (Å²) in [5.74, 6) is 0. The van der Waals surface area contributed by atoms with E-state index in [1.807, 2.05) is 11.3 Å². The van der Waals surface area contributed by atoms with Crippen molar-refractivity contribution in [2.75, 3.05) is 6.61 Å². The average molecular weight is 557 g/mol. The van der Waals surface area contributed by atoms with Gasteiger partial charge in [-0.05, 0) is 28.8 Å². The number of fused-ring (bicyclic) bond motifs is 1. The van der Waals surface area contributed by atoms with Crippen LogP contribution in [0.1, 0.15) is 179 Å². The summed E-state index contributed by atoms with van der Waals surface area (Å²) in [6.45, 7) is 3.98. The van der Waals surface area contributed by atoms with Crippen LogP contribution in [0.4, 0.5) is 0 Å². The van der Waals surface area contributed by atoms with Crippen molar-refractivity contribution < 1.29 is 4.74 Å². The van der Waals surface area contributed by atoms with Crippen LogP contribution < -0.4 is 0 Å². The van der Waals surface area contributed by atoms with Gasteiger partial charge in [0.05, 0.1) is 6.61 Å². The van der Waals surface area contributed by atoms with Gasteiger partial charge >= 0.3 is 0 Å². The van der Waals surface area contributed by atoms with Gasteiger partial charge in [-0.3, -0.25) is 0 Å². The Hall–Kier alpha value is -0.860. The molecule has 1 aromatic carbocycles. The summed E-state index contributed by atoms with van der Waals surface area (Å²) in [6.07, 6.45) is 37.6. The molecule has 0 atom stereocenters. The smallest absolute Gasteiger partial charge is 0.0730 e. The Kier molecular flexibility index (Phi) is 23.0. The maximum atomic E-state index is 5.95. The molecule has 0 saturated carbocycles. The molecule has 39 heavy (non-hydrogen) atoms. The van der Waals surface area contributed by atoms with Crippen LogP contribution in [0.25, 0.3) is 10.1 Å². The van der Waals surface area contributed by atoms with E-state index >= 15 is 0 Å². The second-order valence-electron chi connectivity index (χ2n) is 12.1. The van der Waals surface area contributed by atoms with Gasteiger partial charge in [0.15, 0.2) is 0 Å². The highest BCUT2D eigenvalue weighted by atomic mass is 32.1. The Morgan fingerprint density at radius 1 is 0.487 bits per heavy atom. The molecule has 0 aliphatic rings. The Labute approximate surface area is 247 Å². The van der Waals surface area contributed by atoms with Crippen LogP contribution in [-0.4, -0.2) is 6.61 Å². The monoisotopic (exact) mass is 556 g/mol. The van der Waals surface area contributed by atoms with Crippen molar-refractivity contribution in [2.45, 2.75) is 180 Å². The van der Waals surface area contributed by atoms with Crippen molar-refractivity contribution in [1.29, 1.82) is 0 Å². The standard InChI is InChI=1S/C37H64OS/c1-2-3-4-5-6-7-8-9-10-11-12-13-14-15-16-17-18-19-20-21-22-23-24-25-26-29-32-38-33-35-34-39-37-31-28-27-30-36(35)37/h27-28,30-31,34H,2-26,29,32-33H2,1H3. The number of benzene rings is 1. The van der Waals surface area contributed by atoms with Gasteiger partial charge in [0.25, 0.3) is 0 Å². The second kappa shape index (κ2) is 26.1. The van der Waals surface area contributed by atoms with Gasteiger partial charge in [-0.25, -0.2) is 0 Å². The Morgan fingerprint density at radius 2 is 0.872 bits per heavy atom. The molecule has 224 valence electrons. The van der Waals surface area contributed by atoms with Gasteiger partial charge in [0, 0.05) is 11.3 Å². The number of rotatable bonds is 29. The number of hydrogen-bond donors (Lipinski definition) is 0. The third-order valence-corrected chi connectivity index (χ3v) is 9.47. The summed E-state index contributed by atoms with van der Waals surface area (Å²) in [5.41, 5.74) is 1.35. The second-order valence-corrected chi connectivity index (χ2v) is 13.1. The third kappa shape index (κ3) is 19.0. The van der Waals surface area contributed by atoms with Crippen molar-refractivity contribution in [3.63, 3.8) is 0 Å². The lowest BCUT2D eigenvalue weighted by atomic mass is 10.0. The van der Waals surface area contributed by atoms with Crippen LogP contribution in [0.2, 0.25) is 0 Å². The molecule has 2 heteroatoms. The van der Waals surface area contributed by atoms with Crippen molar-refractivity contribution in [3.05, 3.63) is 35.2 Å². The molecule has 0 aliphatic carbocycles. The normalized spacial score (nSPS) is 11.6. The van der Waals surface area contributed by atoms with E-state index in [4.69, 9.17) is 4.74 Å². The van der Waals surface area contributed by atoms with Gasteiger partial charge < -0.3 is 4.74 Å². The molecule has 0 bridgehead atoms. The molecule has 0 spiro atoms. The molecule has 1 aromatic heterocycles. The lowest BCUT2D eigenvalue weighted by Crippen LogP contribution is -1.95. The highest BCUT2D eigenvalue weighted by molar-refractivity contribution is 7.17. The molecule has 2 aromatic rings. The lowest BCUT2D eigenvalue weighted by molar-refractivity contribution is 0.117. The molecule has 0 unspecified atom stereocenters. The van der Waals surface area contributed by atoms with Crippen molar-refractivity contribution in [1.82, 2.24) is 0 Å². The number of ether oxygens (including phenoxy) is 1. The molecule has 0 saturated heterocycles. The van der Waals surface area contributed by atoms with Gasteiger partial charge in [-0.2, -0.15) is 0 Å². The Morgan fingerprint density at radius 3 is 1.31 bits per heavy atom. The molecule has 1 heterocycles. The first-order chi connectivity index (χ1) is 19.4. The van der Waals surface area contributed by atoms with E-state index in [2.05, 4.69) is 36.6 Å². The fraction of sp³-hybridized carbons (Fsp3) is 0.784.